The van der Waals surface area contributed by atoms with Crippen LogP contribution in [0.25, 0.3) is 0 Å². The number of thioether (sulfide) groups is 1. The van der Waals surface area contributed by atoms with Gasteiger partial charge in [0.1, 0.15) is 5.78 Å². The van der Waals surface area contributed by atoms with Crippen molar-refractivity contribution in [3.05, 3.63) is 71.8 Å². The van der Waals surface area contributed by atoms with Gasteiger partial charge in [0.25, 0.3) is 0 Å². The minimum atomic E-state index is 0.0105. The van der Waals surface area contributed by atoms with Gasteiger partial charge in [-0.15, -0.1) is 0 Å². The first-order chi connectivity index (χ1) is 12.2. The number of carbonyl (C=O) groups is 2. The average molecular weight is 352 g/mol. The van der Waals surface area contributed by atoms with E-state index in [0.717, 1.165) is 30.4 Å². The number of benzene rings is 2. The molecule has 130 valence electrons. The number of rotatable bonds is 5. The van der Waals surface area contributed by atoms with Crippen LogP contribution in [0.15, 0.2) is 60.7 Å². The molecule has 1 unspecified atom stereocenters. The Morgan fingerprint density at radius 3 is 2.16 bits per heavy atom. The molecule has 0 heterocycles. The molecule has 0 amide bonds. The Labute approximate surface area is 154 Å². The van der Waals surface area contributed by atoms with Gasteiger partial charge in [-0.05, 0) is 29.9 Å². The molecule has 1 fully saturated rings. The number of Topliss-reactive ketones (excluding diaryl/α,β-unsaturated/α-hetero) is 1. The molecule has 2 aromatic rings. The van der Waals surface area contributed by atoms with Crippen molar-refractivity contribution >= 4 is 22.7 Å². The molecule has 0 spiro atoms. The molecule has 0 bridgehead atoms. The van der Waals surface area contributed by atoms with Gasteiger partial charge in [-0.1, -0.05) is 78.8 Å². The van der Waals surface area contributed by atoms with E-state index in [1.54, 1.807) is 0 Å². The standard InChI is InChI=1S/C22H24O2S/c23-20-14-8-7-9-17(15-20)16-21(24)25-22(18-10-3-1-4-11-18)19-12-5-2-6-13-19/h1-6,10-13,17,22H,7-9,14-16H2. The summed E-state index contributed by atoms with van der Waals surface area (Å²) in [7, 11) is 0. The Hall–Kier alpha value is -1.87. The van der Waals surface area contributed by atoms with Crippen LogP contribution in [0.3, 0.4) is 0 Å². The SMILES string of the molecule is O=C1CCCCC(CC(=O)SC(c2ccccc2)c2ccccc2)C1. The monoisotopic (exact) mass is 352 g/mol. The van der Waals surface area contributed by atoms with Crippen LogP contribution in [-0.2, 0) is 9.59 Å². The van der Waals surface area contributed by atoms with Gasteiger partial charge in [0.15, 0.2) is 5.12 Å². The molecule has 1 saturated carbocycles. The van der Waals surface area contributed by atoms with E-state index in [0.29, 0.717) is 25.0 Å². The molecule has 1 aliphatic rings. The van der Waals surface area contributed by atoms with Crippen molar-refractivity contribution in [1.82, 2.24) is 0 Å². The van der Waals surface area contributed by atoms with E-state index in [-0.39, 0.29) is 16.3 Å². The highest BCUT2D eigenvalue weighted by Gasteiger charge is 2.24. The maximum atomic E-state index is 12.7. The van der Waals surface area contributed by atoms with Crippen molar-refractivity contribution in [2.45, 2.75) is 43.8 Å². The molecule has 0 radical (unpaired) electrons. The van der Waals surface area contributed by atoms with E-state index in [1.165, 1.54) is 11.8 Å². The van der Waals surface area contributed by atoms with Crippen LogP contribution < -0.4 is 0 Å². The minimum Gasteiger partial charge on any atom is -0.300 e. The summed E-state index contributed by atoms with van der Waals surface area (Å²) in [6.45, 7) is 0. The van der Waals surface area contributed by atoms with Gasteiger partial charge in [0.05, 0.1) is 5.25 Å². The highest BCUT2D eigenvalue weighted by atomic mass is 32.2. The molecule has 0 aromatic heterocycles. The van der Waals surface area contributed by atoms with E-state index < -0.39 is 0 Å². The lowest BCUT2D eigenvalue weighted by Crippen LogP contribution is -2.11. The van der Waals surface area contributed by atoms with E-state index in [2.05, 4.69) is 24.3 Å². The fraction of sp³-hybridized carbons (Fsp3) is 0.364. The number of ketones is 1. The first-order valence-electron chi connectivity index (χ1n) is 9.03. The molecular formula is C22H24O2S. The van der Waals surface area contributed by atoms with Crippen molar-refractivity contribution in [2.24, 2.45) is 5.92 Å². The van der Waals surface area contributed by atoms with Crippen LogP contribution in [0.2, 0.25) is 0 Å². The highest BCUT2D eigenvalue weighted by Crippen LogP contribution is 2.38. The van der Waals surface area contributed by atoms with E-state index in [9.17, 15) is 9.59 Å². The normalized spacial score (nSPS) is 18.1. The van der Waals surface area contributed by atoms with Crippen LogP contribution in [0, 0.1) is 5.92 Å². The quantitative estimate of drug-likeness (QED) is 0.659. The van der Waals surface area contributed by atoms with Gasteiger partial charge >= 0.3 is 0 Å². The number of hydrogen-bond donors (Lipinski definition) is 0. The van der Waals surface area contributed by atoms with Gasteiger partial charge in [0.2, 0.25) is 0 Å². The van der Waals surface area contributed by atoms with Gasteiger partial charge in [-0.25, -0.2) is 0 Å². The molecule has 25 heavy (non-hydrogen) atoms. The molecule has 3 heteroatoms. The van der Waals surface area contributed by atoms with Crippen molar-refractivity contribution in [2.75, 3.05) is 0 Å². The average Bonchev–Trinajstić information content (AvgIpc) is 2.85. The summed E-state index contributed by atoms with van der Waals surface area (Å²) in [5.41, 5.74) is 2.29. The molecule has 2 aromatic carbocycles. The highest BCUT2D eigenvalue weighted by molar-refractivity contribution is 8.14. The second-order valence-corrected chi connectivity index (χ2v) is 7.91. The molecule has 3 rings (SSSR count). The Kier molecular flexibility index (Phi) is 6.46. The predicted octanol–water partition coefficient (Wildman–Crippen LogP) is 5.58. The van der Waals surface area contributed by atoms with Crippen molar-refractivity contribution < 1.29 is 9.59 Å². The van der Waals surface area contributed by atoms with Crippen LogP contribution in [0.1, 0.15) is 54.9 Å². The summed E-state index contributed by atoms with van der Waals surface area (Å²) >= 11 is 1.40. The van der Waals surface area contributed by atoms with E-state index >= 15 is 0 Å². The third kappa shape index (κ3) is 5.30. The van der Waals surface area contributed by atoms with Crippen LogP contribution in [0.4, 0.5) is 0 Å². The molecule has 1 aliphatic carbocycles. The maximum Gasteiger partial charge on any atom is 0.190 e. The summed E-state index contributed by atoms with van der Waals surface area (Å²) in [6.07, 6.45) is 4.82. The third-order valence-corrected chi connectivity index (χ3v) is 5.95. The molecule has 0 saturated heterocycles. The second kappa shape index (κ2) is 9.00. The van der Waals surface area contributed by atoms with Crippen LogP contribution in [-0.4, -0.2) is 10.9 Å². The summed E-state index contributed by atoms with van der Waals surface area (Å²) in [5, 5.41) is 0.203. The summed E-state index contributed by atoms with van der Waals surface area (Å²) < 4.78 is 0. The smallest absolute Gasteiger partial charge is 0.190 e. The summed E-state index contributed by atoms with van der Waals surface area (Å²) in [4.78, 5) is 24.6. The van der Waals surface area contributed by atoms with Crippen LogP contribution in [0.5, 0.6) is 0 Å². The van der Waals surface area contributed by atoms with E-state index in [1.807, 2.05) is 36.4 Å². The second-order valence-electron chi connectivity index (χ2n) is 6.75. The Balaban J connectivity index is 1.71. The zero-order chi connectivity index (χ0) is 17.5. The lowest BCUT2D eigenvalue weighted by Gasteiger charge is -2.18. The predicted molar refractivity (Wildman–Crippen MR) is 104 cm³/mol. The lowest BCUT2D eigenvalue weighted by atomic mass is 9.97. The largest absolute Gasteiger partial charge is 0.300 e. The van der Waals surface area contributed by atoms with E-state index in [4.69, 9.17) is 0 Å². The fourth-order valence-corrected chi connectivity index (χ4v) is 4.64. The van der Waals surface area contributed by atoms with Gasteiger partial charge < -0.3 is 0 Å². The Bertz CT molecular complexity index is 657. The third-order valence-electron chi connectivity index (χ3n) is 4.74. The topological polar surface area (TPSA) is 34.1 Å². The van der Waals surface area contributed by atoms with Crippen molar-refractivity contribution in [1.29, 1.82) is 0 Å². The molecule has 0 aliphatic heterocycles. The zero-order valence-electron chi connectivity index (χ0n) is 14.4. The zero-order valence-corrected chi connectivity index (χ0v) is 15.2. The van der Waals surface area contributed by atoms with Gasteiger partial charge in [-0.3, -0.25) is 9.59 Å². The first kappa shape index (κ1) is 17.9. The maximum absolute atomic E-state index is 12.7. The van der Waals surface area contributed by atoms with Crippen LogP contribution >= 0.6 is 11.8 Å². The Morgan fingerprint density at radius 2 is 1.56 bits per heavy atom. The number of carbonyl (C=O) groups excluding carboxylic acids is 2. The summed E-state index contributed by atoms with van der Waals surface area (Å²) in [6, 6.07) is 20.4. The first-order valence-corrected chi connectivity index (χ1v) is 9.91. The molecule has 0 N–H and O–H groups in total. The molecular weight excluding hydrogens is 328 g/mol. The molecule has 1 atom stereocenters. The number of hydrogen-bond acceptors (Lipinski definition) is 3. The van der Waals surface area contributed by atoms with Crippen molar-refractivity contribution in [3.8, 4) is 0 Å². The minimum absolute atomic E-state index is 0.0105. The van der Waals surface area contributed by atoms with Gasteiger partial charge in [0, 0.05) is 19.3 Å². The summed E-state index contributed by atoms with van der Waals surface area (Å²) in [5.74, 6) is 0.546. The fourth-order valence-electron chi connectivity index (χ4n) is 3.45. The Morgan fingerprint density at radius 1 is 0.960 bits per heavy atom. The van der Waals surface area contributed by atoms with Crippen molar-refractivity contribution in [3.63, 3.8) is 0 Å². The lowest BCUT2D eigenvalue weighted by molar-refractivity contribution is -0.119. The van der Waals surface area contributed by atoms with Gasteiger partial charge in [-0.2, -0.15) is 0 Å². The molecule has 2 nitrogen and oxygen atoms in total.